The first-order chi connectivity index (χ1) is 5.65. The van der Waals surface area contributed by atoms with Crippen LogP contribution in [0.3, 0.4) is 0 Å². The molecule has 66 valence electrons. The van der Waals surface area contributed by atoms with Gasteiger partial charge in [0.05, 0.1) is 6.61 Å². The largest absolute Gasteiger partial charge is 0.477 e. The Hall–Kier alpha value is -1.45. The molecule has 0 spiro atoms. The number of carboxylic acid groups (broad SMARTS) is 1. The molecule has 0 fully saturated rings. The summed E-state index contributed by atoms with van der Waals surface area (Å²) in [6, 6.07) is 1.44. The quantitative estimate of drug-likeness (QED) is 0.749. The number of rotatable bonds is 3. The summed E-state index contributed by atoms with van der Waals surface area (Å²) in [7, 11) is 0. The van der Waals surface area contributed by atoms with Gasteiger partial charge in [-0.2, -0.15) is 0 Å². The number of carboxylic acids is 1. The van der Waals surface area contributed by atoms with E-state index in [4.69, 9.17) is 14.3 Å². The third-order valence-electron chi connectivity index (χ3n) is 1.33. The van der Waals surface area contributed by atoms with E-state index in [-0.39, 0.29) is 11.5 Å². The second-order valence-electron chi connectivity index (χ2n) is 2.30. The van der Waals surface area contributed by atoms with Crippen molar-refractivity contribution in [2.75, 3.05) is 6.61 Å². The predicted molar refractivity (Wildman–Crippen MR) is 41.6 cm³/mol. The van der Waals surface area contributed by atoms with Gasteiger partial charge in [-0.05, 0) is 19.9 Å². The first kappa shape index (κ1) is 8.64. The molecule has 1 aromatic heterocycles. The minimum atomic E-state index is -1.03. The normalized spacial score (nSPS) is 9.83. The summed E-state index contributed by atoms with van der Waals surface area (Å²) in [5.74, 6) is -0.409. The maximum atomic E-state index is 10.6. The van der Waals surface area contributed by atoms with Crippen molar-refractivity contribution in [2.45, 2.75) is 13.8 Å². The molecule has 1 N–H and O–H groups in total. The van der Waals surface area contributed by atoms with E-state index >= 15 is 0 Å². The molecule has 0 aromatic carbocycles. The van der Waals surface area contributed by atoms with Gasteiger partial charge in [-0.15, -0.1) is 0 Å². The lowest BCUT2D eigenvalue weighted by atomic mass is 10.3. The number of aryl methyl sites for hydroxylation is 1. The van der Waals surface area contributed by atoms with Crippen molar-refractivity contribution in [2.24, 2.45) is 0 Å². The van der Waals surface area contributed by atoms with Crippen LogP contribution in [0, 0.1) is 6.92 Å². The number of hydrogen-bond donors (Lipinski definition) is 1. The molecule has 0 saturated heterocycles. The lowest BCUT2D eigenvalue weighted by Gasteiger charge is -1.97. The Morgan fingerprint density at radius 3 is 2.92 bits per heavy atom. The molecule has 0 aliphatic carbocycles. The number of carbonyl (C=O) groups is 1. The van der Waals surface area contributed by atoms with E-state index in [9.17, 15) is 4.79 Å². The van der Waals surface area contributed by atoms with Crippen LogP contribution >= 0.6 is 0 Å². The standard InChI is InChI=1S/C8H10O4/c1-3-11-8-6(7(9)10)4-5(2)12-8/h4H,3H2,1-2H3,(H,9,10). The van der Waals surface area contributed by atoms with Crippen LogP contribution in [-0.2, 0) is 0 Å². The molecule has 0 aliphatic heterocycles. The molecule has 0 atom stereocenters. The summed E-state index contributed by atoms with van der Waals surface area (Å²) >= 11 is 0. The summed E-state index contributed by atoms with van der Waals surface area (Å²) in [5, 5.41) is 8.67. The monoisotopic (exact) mass is 170 g/mol. The molecule has 4 heteroatoms. The van der Waals surface area contributed by atoms with E-state index < -0.39 is 5.97 Å². The lowest BCUT2D eigenvalue weighted by molar-refractivity contribution is 0.0689. The topological polar surface area (TPSA) is 59.7 Å². The molecule has 12 heavy (non-hydrogen) atoms. The van der Waals surface area contributed by atoms with Crippen LogP contribution < -0.4 is 4.74 Å². The van der Waals surface area contributed by atoms with Crippen LogP contribution in [0.4, 0.5) is 0 Å². The second kappa shape index (κ2) is 3.30. The highest BCUT2D eigenvalue weighted by molar-refractivity contribution is 5.90. The van der Waals surface area contributed by atoms with E-state index in [1.807, 2.05) is 0 Å². The van der Waals surface area contributed by atoms with Crippen molar-refractivity contribution in [1.29, 1.82) is 0 Å². The molecule has 0 amide bonds. The Morgan fingerprint density at radius 1 is 1.75 bits per heavy atom. The zero-order valence-electron chi connectivity index (χ0n) is 6.96. The van der Waals surface area contributed by atoms with Crippen LogP contribution in [0.15, 0.2) is 10.5 Å². The highest BCUT2D eigenvalue weighted by Crippen LogP contribution is 2.22. The van der Waals surface area contributed by atoms with Gasteiger partial charge in [-0.1, -0.05) is 0 Å². The van der Waals surface area contributed by atoms with Gasteiger partial charge in [-0.25, -0.2) is 4.79 Å². The molecule has 0 radical (unpaired) electrons. The summed E-state index contributed by atoms with van der Waals surface area (Å²) in [5.41, 5.74) is 0.0781. The Kier molecular flexibility index (Phi) is 2.38. The van der Waals surface area contributed by atoms with Gasteiger partial charge >= 0.3 is 5.97 Å². The zero-order chi connectivity index (χ0) is 9.14. The van der Waals surface area contributed by atoms with Crippen LogP contribution in [0.1, 0.15) is 23.0 Å². The van der Waals surface area contributed by atoms with Gasteiger partial charge in [0.25, 0.3) is 5.95 Å². The molecule has 0 saturated carbocycles. The van der Waals surface area contributed by atoms with E-state index in [0.29, 0.717) is 12.4 Å². The van der Waals surface area contributed by atoms with Crippen LogP contribution in [0.5, 0.6) is 5.95 Å². The van der Waals surface area contributed by atoms with Crippen LogP contribution in [-0.4, -0.2) is 17.7 Å². The minimum absolute atomic E-state index is 0.0781. The SMILES string of the molecule is CCOc1oc(C)cc1C(=O)O. The smallest absolute Gasteiger partial charge is 0.343 e. The van der Waals surface area contributed by atoms with Gasteiger partial charge in [0.15, 0.2) is 0 Å². The lowest BCUT2D eigenvalue weighted by Crippen LogP contribution is -1.99. The molecule has 0 aliphatic rings. The third kappa shape index (κ3) is 1.58. The summed E-state index contributed by atoms with van der Waals surface area (Å²) in [6.45, 7) is 3.84. The molecule has 0 unspecified atom stereocenters. The molecular weight excluding hydrogens is 160 g/mol. The van der Waals surface area contributed by atoms with Gasteiger partial charge in [-0.3, -0.25) is 0 Å². The van der Waals surface area contributed by atoms with Gasteiger partial charge in [0, 0.05) is 0 Å². The first-order valence-electron chi connectivity index (χ1n) is 3.61. The van der Waals surface area contributed by atoms with Gasteiger partial charge < -0.3 is 14.3 Å². The Balaban J connectivity index is 2.99. The van der Waals surface area contributed by atoms with Crippen molar-refractivity contribution in [3.8, 4) is 5.95 Å². The Bertz CT molecular complexity index is 287. The number of furan rings is 1. The molecule has 1 rings (SSSR count). The Labute approximate surface area is 69.8 Å². The van der Waals surface area contributed by atoms with Crippen molar-refractivity contribution >= 4 is 5.97 Å². The fraction of sp³-hybridized carbons (Fsp3) is 0.375. The zero-order valence-corrected chi connectivity index (χ0v) is 6.96. The van der Waals surface area contributed by atoms with E-state index in [1.54, 1.807) is 13.8 Å². The summed E-state index contributed by atoms with van der Waals surface area (Å²) < 4.78 is 9.98. The molecular formula is C8H10O4. The van der Waals surface area contributed by atoms with Crippen LogP contribution in [0.2, 0.25) is 0 Å². The molecule has 1 aromatic rings. The highest BCUT2D eigenvalue weighted by Gasteiger charge is 2.16. The number of ether oxygens (including phenoxy) is 1. The van der Waals surface area contributed by atoms with Crippen molar-refractivity contribution < 1.29 is 19.1 Å². The van der Waals surface area contributed by atoms with Crippen molar-refractivity contribution in [3.63, 3.8) is 0 Å². The van der Waals surface area contributed by atoms with Crippen molar-refractivity contribution in [1.82, 2.24) is 0 Å². The maximum absolute atomic E-state index is 10.6. The molecule has 1 heterocycles. The maximum Gasteiger partial charge on any atom is 0.343 e. The van der Waals surface area contributed by atoms with Crippen molar-refractivity contribution in [3.05, 3.63) is 17.4 Å². The van der Waals surface area contributed by atoms with Gasteiger partial charge in [0.2, 0.25) is 0 Å². The fourth-order valence-electron chi connectivity index (χ4n) is 0.880. The number of aromatic carboxylic acids is 1. The summed E-state index contributed by atoms with van der Waals surface area (Å²) in [4.78, 5) is 10.6. The van der Waals surface area contributed by atoms with Crippen LogP contribution in [0.25, 0.3) is 0 Å². The van der Waals surface area contributed by atoms with E-state index in [0.717, 1.165) is 0 Å². The van der Waals surface area contributed by atoms with E-state index in [2.05, 4.69) is 0 Å². The average molecular weight is 170 g/mol. The second-order valence-corrected chi connectivity index (χ2v) is 2.30. The average Bonchev–Trinajstić information content (AvgIpc) is 2.32. The minimum Gasteiger partial charge on any atom is -0.477 e. The summed E-state index contributed by atoms with van der Waals surface area (Å²) in [6.07, 6.45) is 0. The fourth-order valence-corrected chi connectivity index (χ4v) is 0.880. The van der Waals surface area contributed by atoms with Gasteiger partial charge in [0.1, 0.15) is 11.3 Å². The molecule has 0 bridgehead atoms. The third-order valence-corrected chi connectivity index (χ3v) is 1.33. The first-order valence-corrected chi connectivity index (χ1v) is 3.61. The predicted octanol–water partition coefficient (Wildman–Crippen LogP) is 1.68. The van der Waals surface area contributed by atoms with E-state index in [1.165, 1.54) is 6.07 Å². The Morgan fingerprint density at radius 2 is 2.42 bits per heavy atom. The number of hydrogen-bond acceptors (Lipinski definition) is 3. The molecule has 4 nitrogen and oxygen atoms in total. The highest BCUT2D eigenvalue weighted by atomic mass is 16.6.